The summed E-state index contributed by atoms with van der Waals surface area (Å²) in [6.45, 7) is 3.96. The van der Waals surface area contributed by atoms with Crippen molar-refractivity contribution >= 4 is 11.8 Å². The van der Waals surface area contributed by atoms with Gasteiger partial charge in [-0.3, -0.25) is 9.59 Å². The summed E-state index contributed by atoms with van der Waals surface area (Å²) in [5, 5.41) is 17.8. The van der Waals surface area contributed by atoms with E-state index < -0.39 is 6.10 Å². The predicted molar refractivity (Wildman–Crippen MR) is 113 cm³/mol. The lowest BCUT2D eigenvalue weighted by molar-refractivity contribution is -0.119. The van der Waals surface area contributed by atoms with E-state index in [-0.39, 0.29) is 29.0 Å². The highest BCUT2D eigenvalue weighted by molar-refractivity contribution is 5.92. The Bertz CT molecular complexity index is 866. The molecule has 2 N–H and O–H groups in total. The molecule has 1 aliphatic rings. The van der Waals surface area contributed by atoms with Crippen molar-refractivity contribution in [3.63, 3.8) is 0 Å². The molecule has 0 saturated heterocycles. The van der Waals surface area contributed by atoms with Gasteiger partial charge in [-0.1, -0.05) is 42.4 Å². The van der Waals surface area contributed by atoms with Gasteiger partial charge in [-0.15, -0.1) is 0 Å². The van der Waals surface area contributed by atoms with Crippen LogP contribution in [0, 0.1) is 0 Å². The van der Waals surface area contributed by atoms with Crippen molar-refractivity contribution in [2.75, 3.05) is 13.6 Å². The van der Waals surface area contributed by atoms with Gasteiger partial charge >= 0.3 is 0 Å². The number of benzene rings is 1. The Morgan fingerprint density at radius 1 is 1.27 bits per heavy atom. The van der Waals surface area contributed by atoms with Crippen LogP contribution in [0.3, 0.4) is 0 Å². The minimum absolute atomic E-state index is 0.0725. The molecule has 0 bridgehead atoms. The zero-order chi connectivity index (χ0) is 21.7. The Labute approximate surface area is 177 Å². The number of aryl methyl sites for hydroxylation is 1. The Kier molecular flexibility index (Phi) is 6.92. The lowest BCUT2D eigenvalue weighted by atomic mass is 9.74. The number of hydrogen-bond acceptors (Lipinski definition) is 5. The second-order valence-electron chi connectivity index (χ2n) is 8.22. The molecular weight excluding hydrogens is 382 g/mol. The molecule has 0 aliphatic heterocycles. The van der Waals surface area contributed by atoms with Crippen LogP contribution in [-0.2, 0) is 16.6 Å². The molecule has 7 nitrogen and oxygen atoms in total. The highest BCUT2D eigenvalue weighted by Gasteiger charge is 2.40. The van der Waals surface area contributed by atoms with E-state index in [4.69, 9.17) is 4.52 Å². The molecule has 1 aliphatic carbocycles. The lowest BCUT2D eigenvalue weighted by Crippen LogP contribution is -2.44. The first-order valence-electron chi connectivity index (χ1n) is 10.6. The molecule has 7 heteroatoms. The summed E-state index contributed by atoms with van der Waals surface area (Å²) >= 11 is 0. The highest BCUT2D eigenvalue weighted by atomic mass is 16.5. The maximum absolute atomic E-state index is 12.9. The summed E-state index contributed by atoms with van der Waals surface area (Å²) in [5.41, 5.74) is 1.12. The fraction of sp³-hybridized carbons (Fsp3) is 0.522. The van der Waals surface area contributed by atoms with Gasteiger partial charge in [-0.05, 0) is 31.2 Å². The Balaban J connectivity index is 1.81. The SMILES string of the molecule is CCc1cc(C(=O)N(C)[C@H]2CC[C@@](CNC(C)=O)(c3ccccc3)CC[C@@H]2O)no1. The van der Waals surface area contributed by atoms with E-state index in [9.17, 15) is 14.7 Å². The highest BCUT2D eigenvalue weighted by Crippen LogP contribution is 2.39. The molecule has 162 valence electrons. The van der Waals surface area contributed by atoms with Crippen LogP contribution >= 0.6 is 0 Å². The third-order valence-electron chi connectivity index (χ3n) is 6.29. The number of amides is 2. The van der Waals surface area contributed by atoms with Crippen molar-refractivity contribution in [3.8, 4) is 0 Å². The zero-order valence-corrected chi connectivity index (χ0v) is 17.9. The van der Waals surface area contributed by atoms with Gasteiger partial charge in [-0.25, -0.2) is 0 Å². The predicted octanol–water partition coefficient (Wildman–Crippen LogP) is 2.69. The van der Waals surface area contributed by atoms with Crippen LogP contribution in [0.4, 0.5) is 0 Å². The van der Waals surface area contributed by atoms with Crippen LogP contribution in [0.15, 0.2) is 40.9 Å². The Morgan fingerprint density at radius 2 is 1.97 bits per heavy atom. The maximum atomic E-state index is 12.9. The second-order valence-corrected chi connectivity index (χ2v) is 8.22. The quantitative estimate of drug-likeness (QED) is 0.710. The number of aromatic nitrogens is 1. The van der Waals surface area contributed by atoms with Gasteiger partial charge in [0, 0.05) is 38.4 Å². The van der Waals surface area contributed by atoms with Gasteiger partial charge in [0.15, 0.2) is 5.69 Å². The van der Waals surface area contributed by atoms with Gasteiger partial charge in [0.1, 0.15) is 5.76 Å². The molecule has 0 unspecified atom stereocenters. The van der Waals surface area contributed by atoms with Crippen molar-refractivity contribution < 1.29 is 19.2 Å². The summed E-state index contributed by atoms with van der Waals surface area (Å²) in [6, 6.07) is 11.4. The first kappa shape index (κ1) is 22.0. The fourth-order valence-electron chi connectivity index (χ4n) is 4.37. The van der Waals surface area contributed by atoms with E-state index in [1.807, 2.05) is 25.1 Å². The topological polar surface area (TPSA) is 95.7 Å². The molecule has 1 saturated carbocycles. The number of aliphatic hydroxyl groups excluding tert-OH is 1. The van der Waals surface area contributed by atoms with E-state index in [0.717, 1.165) is 18.4 Å². The number of nitrogens with zero attached hydrogens (tertiary/aromatic N) is 2. The molecule has 3 rings (SSSR count). The fourth-order valence-corrected chi connectivity index (χ4v) is 4.37. The molecule has 30 heavy (non-hydrogen) atoms. The molecule has 1 aromatic heterocycles. The minimum Gasteiger partial charge on any atom is -0.391 e. The number of nitrogens with one attached hydrogen (secondary N) is 1. The summed E-state index contributed by atoms with van der Waals surface area (Å²) in [7, 11) is 1.71. The number of carbonyl (C=O) groups is 2. The number of hydrogen-bond donors (Lipinski definition) is 2. The largest absolute Gasteiger partial charge is 0.391 e. The molecule has 0 radical (unpaired) electrons. The van der Waals surface area contributed by atoms with Crippen molar-refractivity contribution in [2.24, 2.45) is 0 Å². The molecule has 2 aromatic rings. The third-order valence-corrected chi connectivity index (χ3v) is 6.29. The average molecular weight is 414 g/mol. The molecule has 0 spiro atoms. The van der Waals surface area contributed by atoms with Crippen LogP contribution in [0.2, 0.25) is 0 Å². The first-order valence-corrected chi connectivity index (χ1v) is 10.6. The van der Waals surface area contributed by atoms with Gasteiger partial charge in [0.2, 0.25) is 5.91 Å². The number of rotatable bonds is 6. The van der Waals surface area contributed by atoms with Gasteiger partial charge < -0.3 is 19.8 Å². The minimum atomic E-state index is -0.653. The number of aliphatic hydroxyl groups is 1. The van der Waals surface area contributed by atoms with Crippen LogP contribution in [0.25, 0.3) is 0 Å². The van der Waals surface area contributed by atoms with E-state index in [1.54, 1.807) is 18.0 Å². The zero-order valence-electron chi connectivity index (χ0n) is 17.9. The van der Waals surface area contributed by atoms with Gasteiger partial charge in [-0.2, -0.15) is 0 Å². The van der Waals surface area contributed by atoms with E-state index >= 15 is 0 Å². The maximum Gasteiger partial charge on any atom is 0.276 e. The summed E-state index contributed by atoms with van der Waals surface area (Å²) in [6.07, 6.45) is 2.64. The lowest BCUT2D eigenvalue weighted by Gasteiger charge is -2.34. The van der Waals surface area contributed by atoms with E-state index in [2.05, 4.69) is 22.6 Å². The normalized spacial score (nSPS) is 24.1. The second kappa shape index (κ2) is 9.43. The summed E-state index contributed by atoms with van der Waals surface area (Å²) in [5.74, 6) is 0.333. The molecule has 2 amide bonds. The monoisotopic (exact) mass is 413 g/mol. The van der Waals surface area contributed by atoms with Crippen molar-refractivity contribution in [3.05, 3.63) is 53.4 Å². The molecular formula is C23H31N3O4. The Hall–Kier alpha value is -2.67. The number of carbonyl (C=O) groups excluding carboxylic acids is 2. The van der Waals surface area contributed by atoms with Crippen LogP contribution < -0.4 is 5.32 Å². The molecule has 1 heterocycles. The van der Waals surface area contributed by atoms with Crippen molar-refractivity contribution in [1.82, 2.24) is 15.4 Å². The number of likely N-dealkylation sites (N-methyl/N-ethyl adjacent to an activating group) is 1. The first-order chi connectivity index (χ1) is 14.4. The Morgan fingerprint density at radius 3 is 2.60 bits per heavy atom. The van der Waals surface area contributed by atoms with E-state index in [0.29, 0.717) is 31.6 Å². The van der Waals surface area contributed by atoms with Crippen molar-refractivity contribution in [1.29, 1.82) is 0 Å². The van der Waals surface area contributed by atoms with Gasteiger partial charge in [0.25, 0.3) is 5.91 Å². The van der Waals surface area contributed by atoms with Crippen LogP contribution in [0.1, 0.15) is 61.3 Å². The van der Waals surface area contributed by atoms with Crippen LogP contribution in [-0.4, -0.2) is 52.7 Å². The average Bonchev–Trinajstić information content (AvgIpc) is 3.17. The molecule has 3 atom stereocenters. The summed E-state index contributed by atoms with van der Waals surface area (Å²) < 4.78 is 5.17. The third kappa shape index (κ3) is 4.73. The summed E-state index contributed by atoms with van der Waals surface area (Å²) in [4.78, 5) is 26.1. The van der Waals surface area contributed by atoms with Crippen LogP contribution in [0.5, 0.6) is 0 Å². The smallest absolute Gasteiger partial charge is 0.276 e. The molecule has 1 aromatic carbocycles. The van der Waals surface area contributed by atoms with Crippen molar-refractivity contribution in [2.45, 2.75) is 63.5 Å². The molecule has 1 fully saturated rings. The van der Waals surface area contributed by atoms with E-state index in [1.165, 1.54) is 6.92 Å². The van der Waals surface area contributed by atoms with Gasteiger partial charge in [0.05, 0.1) is 12.1 Å². The standard InChI is InChI=1S/C23H31N3O4/c1-4-18-14-19(25-30-18)22(29)26(3)20-10-12-23(13-11-21(20)28,15-24-16(2)27)17-8-6-5-7-9-17/h5-9,14,20-21,28H,4,10-13,15H2,1-3H3,(H,24,27)/t20-,21-,23+/m0/s1.